The molecule has 0 radical (unpaired) electrons. The lowest BCUT2D eigenvalue weighted by atomic mass is 9.95. The standard InChI is InChI=1S/C21H27N3O3/c1-23(2)13-17-8-7-15-5-3-4-6-19(15)24(17)21(25)18-14-27-20(22-18)16-9-11-26-12-10-16/h3-6,14,16-17H,7-13H2,1-2H3. The van der Waals surface area contributed by atoms with E-state index in [9.17, 15) is 4.79 Å². The molecule has 0 spiro atoms. The number of fused-ring (bicyclic) bond motifs is 1. The molecule has 6 nitrogen and oxygen atoms in total. The van der Waals surface area contributed by atoms with Crippen LogP contribution in [0.3, 0.4) is 0 Å². The highest BCUT2D eigenvalue weighted by Gasteiger charge is 2.33. The molecule has 6 heteroatoms. The van der Waals surface area contributed by atoms with Gasteiger partial charge in [0.1, 0.15) is 6.26 Å². The van der Waals surface area contributed by atoms with E-state index >= 15 is 0 Å². The van der Waals surface area contributed by atoms with E-state index in [0.29, 0.717) is 11.6 Å². The van der Waals surface area contributed by atoms with Crippen LogP contribution in [-0.4, -0.2) is 55.7 Å². The Morgan fingerprint density at radius 2 is 2.00 bits per heavy atom. The molecular weight excluding hydrogens is 342 g/mol. The third kappa shape index (κ3) is 3.77. The SMILES string of the molecule is CN(C)CC1CCc2ccccc2N1C(=O)c1coc(C2CCOCC2)n1. The summed E-state index contributed by atoms with van der Waals surface area (Å²) in [6.45, 7) is 2.27. The van der Waals surface area contributed by atoms with Crippen molar-refractivity contribution in [3.8, 4) is 0 Å². The number of carbonyl (C=O) groups is 1. The van der Waals surface area contributed by atoms with Crippen molar-refractivity contribution in [2.45, 2.75) is 37.6 Å². The second-order valence-electron chi connectivity index (χ2n) is 7.72. The van der Waals surface area contributed by atoms with E-state index in [1.165, 1.54) is 11.8 Å². The summed E-state index contributed by atoms with van der Waals surface area (Å²) in [5.41, 5.74) is 2.61. The fourth-order valence-electron chi connectivity index (χ4n) is 4.12. The lowest BCUT2D eigenvalue weighted by Crippen LogP contribution is -2.48. The molecule has 0 saturated carbocycles. The summed E-state index contributed by atoms with van der Waals surface area (Å²) in [4.78, 5) is 22.0. The number of hydrogen-bond donors (Lipinski definition) is 0. The van der Waals surface area contributed by atoms with Crippen LogP contribution in [-0.2, 0) is 11.2 Å². The van der Waals surface area contributed by atoms with Crippen molar-refractivity contribution in [2.75, 3.05) is 38.8 Å². The predicted molar refractivity (Wildman–Crippen MR) is 103 cm³/mol. The van der Waals surface area contributed by atoms with Gasteiger partial charge in [-0.1, -0.05) is 18.2 Å². The Kier molecular flexibility index (Phi) is 5.27. The highest BCUT2D eigenvalue weighted by molar-refractivity contribution is 6.05. The van der Waals surface area contributed by atoms with Crippen molar-refractivity contribution < 1.29 is 13.9 Å². The second-order valence-corrected chi connectivity index (χ2v) is 7.72. The molecule has 1 unspecified atom stereocenters. The summed E-state index contributed by atoms with van der Waals surface area (Å²) in [5, 5.41) is 0. The second kappa shape index (κ2) is 7.82. The van der Waals surface area contributed by atoms with E-state index < -0.39 is 0 Å². The lowest BCUT2D eigenvalue weighted by molar-refractivity contribution is 0.0794. The van der Waals surface area contributed by atoms with Crippen LogP contribution >= 0.6 is 0 Å². The zero-order valence-corrected chi connectivity index (χ0v) is 16.1. The first kappa shape index (κ1) is 18.2. The van der Waals surface area contributed by atoms with Crippen LogP contribution < -0.4 is 4.90 Å². The molecule has 1 aromatic heterocycles. The number of oxazole rings is 1. The Bertz CT molecular complexity index is 795. The fraction of sp³-hybridized carbons (Fsp3) is 0.524. The third-order valence-electron chi connectivity index (χ3n) is 5.47. The number of ether oxygens (including phenoxy) is 1. The molecule has 3 heterocycles. The molecule has 0 N–H and O–H groups in total. The van der Waals surface area contributed by atoms with Gasteiger partial charge in [-0.25, -0.2) is 4.98 Å². The third-order valence-corrected chi connectivity index (χ3v) is 5.47. The van der Waals surface area contributed by atoms with Gasteiger partial charge in [-0.3, -0.25) is 4.79 Å². The topological polar surface area (TPSA) is 58.8 Å². The maximum absolute atomic E-state index is 13.4. The van der Waals surface area contributed by atoms with Crippen molar-refractivity contribution in [2.24, 2.45) is 0 Å². The number of aryl methyl sites for hydroxylation is 1. The summed E-state index contributed by atoms with van der Waals surface area (Å²) >= 11 is 0. The van der Waals surface area contributed by atoms with Crippen LogP contribution in [0.5, 0.6) is 0 Å². The summed E-state index contributed by atoms with van der Waals surface area (Å²) in [7, 11) is 4.09. The quantitative estimate of drug-likeness (QED) is 0.829. The average Bonchev–Trinajstić information content (AvgIpc) is 3.18. The minimum atomic E-state index is -0.0731. The zero-order valence-electron chi connectivity index (χ0n) is 16.1. The monoisotopic (exact) mass is 369 g/mol. The molecule has 2 aliphatic heterocycles. The van der Waals surface area contributed by atoms with E-state index in [1.807, 2.05) is 37.2 Å². The Balaban J connectivity index is 1.62. The summed E-state index contributed by atoms with van der Waals surface area (Å²) in [6, 6.07) is 8.30. The molecule has 1 aromatic carbocycles. The minimum absolute atomic E-state index is 0.0731. The van der Waals surface area contributed by atoms with Gasteiger partial charge in [0.15, 0.2) is 11.6 Å². The lowest BCUT2D eigenvalue weighted by Gasteiger charge is -2.38. The number of anilines is 1. The van der Waals surface area contributed by atoms with Crippen molar-refractivity contribution in [3.05, 3.63) is 47.7 Å². The average molecular weight is 369 g/mol. The number of carbonyl (C=O) groups excluding carboxylic acids is 1. The summed E-state index contributed by atoms with van der Waals surface area (Å²) < 4.78 is 11.1. The van der Waals surface area contributed by atoms with Crippen LogP contribution in [0.15, 0.2) is 34.9 Å². The van der Waals surface area contributed by atoms with Gasteiger partial charge in [0.05, 0.1) is 6.04 Å². The van der Waals surface area contributed by atoms with Gasteiger partial charge in [-0.2, -0.15) is 0 Å². The van der Waals surface area contributed by atoms with Crippen LogP contribution in [0.2, 0.25) is 0 Å². The van der Waals surface area contributed by atoms with E-state index in [-0.39, 0.29) is 17.9 Å². The fourth-order valence-corrected chi connectivity index (χ4v) is 4.12. The number of nitrogens with zero attached hydrogens (tertiary/aromatic N) is 3. The van der Waals surface area contributed by atoms with Gasteiger partial charge in [0.25, 0.3) is 5.91 Å². The first-order valence-corrected chi connectivity index (χ1v) is 9.73. The normalized spacial score (nSPS) is 20.7. The van der Waals surface area contributed by atoms with Crippen LogP contribution in [0, 0.1) is 0 Å². The first-order chi connectivity index (χ1) is 13.1. The van der Waals surface area contributed by atoms with Gasteiger partial charge < -0.3 is 19.0 Å². The molecular formula is C21H27N3O3. The molecule has 27 heavy (non-hydrogen) atoms. The molecule has 2 aliphatic rings. The number of aromatic nitrogens is 1. The van der Waals surface area contributed by atoms with E-state index in [2.05, 4.69) is 16.0 Å². The smallest absolute Gasteiger partial charge is 0.280 e. The Morgan fingerprint density at radius 3 is 2.78 bits per heavy atom. The maximum Gasteiger partial charge on any atom is 0.280 e. The van der Waals surface area contributed by atoms with Gasteiger partial charge in [0, 0.05) is 31.4 Å². The molecule has 1 fully saturated rings. The van der Waals surface area contributed by atoms with Crippen molar-refractivity contribution in [1.82, 2.24) is 9.88 Å². The van der Waals surface area contributed by atoms with Crippen molar-refractivity contribution in [3.63, 3.8) is 0 Å². The largest absolute Gasteiger partial charge is 0.448 e. The molecule has 1 saturated heterocycles. The maximum atomic E-state index is 13.4. The number of rotatable bonds is 4. The molecule has 0 bridgehead atoms. The highest BCUT2D eigenvalue weighted by Crippen LogP contribution is 2.33. The van der Waals surface area contributed by atoms with Crippen LogP contribution in [0.25, 0.3) is 0 Å². The number of para-hydroxylation sites is 1. The van der Waals surface area contributed by atoms with Gasteiger partial charge in [-0.05, 0) is 51.4 Å². The predicted octanol–water partition coefficient (Wildman–Crippen LogP) is 3.09. The Hall–Kier alpha value is -2.18. The summed E-state index contributed by atoms with van der Waals surface area (Å²) in [5.74, 6) is 0.832. The van der Waals surface area contributed by atoms with Crippen molar-refractivity contribution >= 4 is 11.6 Å². The van der Waals surface area contributed by atoms with E-state index in [4.69, 9.17) is 9.15 Å². The van der Waals surface area contributed by atoms with Gasteiger partial charge in [-0.15, -0.1) is 0 Å². The Morgan fingerprint density at radius 1 is 1.22 bits per heavy atom. The number of likely N-dealkylation sites (N-methyl/N-ethyl adjacent to an activating group) is 1. The molecule has 4 rings (SSSR count). The molecule has 144 valence electrons. The molecule has 1 amide bonds. The van der Waals surface area contributed by atoms with Gasteiger partial charge in [0.2, 0.25) is 0 Å². The van der Waals surface area contributed by atoms with Gasteiger partial charge >= 0.3 is 0 Å². The molecule has 2 aromatic rings. The minimum Gasteiger partial charge on any atom is -0.448 e. The van der Waals surface area contributed by atoms with Crippen LogP contribution in [0.1, 0.15) is 47.1 Å². The molecule has 0 aliphatic carbocycles. The number of amides is 1. The number of hydrogen-bond acceptors (Lipinski definition) is 5. The molecule has 1 atom stereocenters. The van der Waals surface area contributed by atoms with E-state index in [1.54, 1.807) is 0 Å². The first-order valence-electron chi connectivity index (χ1n) is 9.73. The highest BCUT2D eigenvalue weighted by atomic mass is 16.5. The zero-order chi connectivity index (χ0) is 18.8. The summed E-state index contributed by atoms with van der Waals surface area (Å²) in [6.07, 6.45) is 5.25. The Labute approximate surface area is 160 Å². The number of benzene rings is 1. The van der Waals surface area contributed by atoms with Crippen LogP contribution in [0.4, 0.5) is 5.69 Å². The van der Waals surface area contributed by atoms with Crippen molar-refractivity contribution in [1.29, 1.82) is 0 Å². The van der Waals surface area contributed by atoms with E-state index in [0.717, 1.165) is 51.1 Å².